The first-order valence-corrected chi connectivity index (χ1v) is 12.5. The molecule has 0 heterocycles. The lowest BCUT2D eigenvalue weighted by Crippen LogP contribution is -2.42. The Morgan fingerprint density at radius 1 is 1.00 bits per heavy atom. The van der Waals surface area contributed by atoms with Crippen LogP contribution >= 0.6 is 15.9 Å². The number of rotatable bonds is 10. The van der Waals surface area contributed by atoms with Crippen LogP contribution in [-0.2, 0) is 9.59 Å². The molecule has 2 bridgehead atoms. The second kappa shape index (κ2) is 9.45. The standard InChI is InChI=1S/C25H34BrN3O2/c1-3-29(4-2)16-6-5-15-27-23(30)21-19-11-12-20(25(19)13-14-25)22(21)24(31)28-18-9-7-17(26)8-10-18/h7-12,19-22H,3-6,13-16H2,1-2H3,(H,27,30)(H,28,31)/t19-,20+,21-,22-/m1/s1. The van der Waals surface area contributed by atoms with Gasteiger partial charge in [0.1, 0.15) is 0 Å². The molecule has 0 saturated heterocycles. The Morgan fingerprint density at radius 2 is 1.61 bits per heavy atom. The van der Waals surface area contributed by atoms with Crippen molar-refractivity contribution in [1.29, 1.82) is 0 Å². The van der Waals surface area contributed by atoms with E-state index < -0.39 is 0 Å². The summed E-state index contributed by atoms with van der Waals surface area (Å²) in [5.74, 6) is -0.109. The van der Waals surface area contributed by atoms with Gasteiger partial charge in [0, 0.05) is 16.7 Å². The smallest absolute Gasteiger partial charge is 0.228 e. The van der Waals surface area contributed by atoms with E-state index >= 15 is 0 Å². The lowest BCUT2D eigenvalue weighted by Gasteiger charge is -2.26. The van der Waals surface area contributed by atoms with Crippen molar-refractivity contribution in [2.45, 2.75) is 39.5 Å². The minimum atomic E-state index is -0.281. The van der Waals surface area contributed by atoms with Crippen LogP contribution in [0, 0.1) is 29.1 Å². The third-order valence-electron chi connectivity index (χ3n) is 7.65. The zero-order valence-electron chi connectivity index (χ0n) is 18.6. The van der Waals surface area contributed by atoms with Gasteiger partial charge >= 0.3 is 0 Å². The number of carbonyl (C=O) groups excluding carboxylic acids is 2. The van der Waals surface area contributed by atoms with Crippen LogP contribution in [0.4, 0.5) is 5.69 Å². The van der Waals surface area contributed by atoms with Gasteiger partial charge < -0.3 is 15.5 Å². The van der Waals surface area contributed by atoms with Crippen molar-refractivity contribution >= 4 is 33.4 Å². The number of unbranched alkanes of at least 4 members (excludes halogenated alkanes) is 1. The van der Waals surface area contributed by atoms with Crippen LogP contribution < -0.4 is 10.6 Å². The van der Waals surface area contributed by atoms with E-state index in [9.17, 15) is 9.59 Å². The number of amides is 2. The molecule has 2 N–H and O–H groups in total. The van der Waals surface area contributed by atoms with Gasteiger partial charge in [-0.3, -0.25) is 9.59 Å². The van der Waals surface area contributed by atoms with Gasteiger partial charge in [-0.15, -0.1) is 0 Å². The maximum Gasteiger partial charge on any atom is 0.228 e. The summed E-state index contributed by atoms with van der Waals surface area (Å²) >= 11 is 3.43. The van der Waals surface area contributed by atoms with Crippen LogP contribution in [0.3, 0.4) is 0 Å². The number of hydrogen-bond donors (Lipinski definition) is 2. The molecule has 5 nitrogen and oxygen atoms in total. The Hall–Kier alpha value is -1.66. The van der Waals surface area contributed by atoms with Gasteiger partial charge in [0.25, 0.3) is 0 Å². The number of halogens is 1. The summed E-state index contributed by atoms with van der Waals surface area (Å²) in [5, 5.41) is 6.23. The number of anilines is 1. The van der Waals surface area contributed by atoms with Crippen molar-refractivity contribution in [3.05, 3.63) is 40.9 Å². The third kappa shape index (κ3) is 4.47. The summed E-state index contributed by atoms with van der Waals surface area (Å²) in [6.45, 7) is 8.25. The van der Waals surface area contributed by atoms with Gasteiger partial charge in [-0.1, -0.05) is 41.9 Å². The molecular formula is C25H34BrN3O2. The molecule has 168 valence electrons. The average Bonchev–Trinajstić information content (AvgIpc) is 3.44. The lowest BCUT2D eigenvalue weighted by molar-refractivity contribution is -0.132. The van der Waals surface area contributed by atoms with Gasteiger partial charge in [0.15, 0.2) is 0 Å². The zero-order valence-corrected chi connectivity index (χ0v) is 20.2. The first kappa shape index (κ1) is 22.5. The predicted molar refractivity (Wildman–Crippen MR) is 128 cm³/mol. The van der Waals surface area contributed by atoms with Gasteiger partial charge in [-0.25, -0.2) is 0 Å². The molecule has 0 radical (unpaired) electrons. The number of nitrogens with one attached hydrogen (secondary N) is 2. The van der Waals surface area contributed by atoms with E-state index in [4.69, 9.17) is 0 Å². The van der Waals surface area contributed by atoms with Crippen LogP contribution in [-0.4, -0.2) is 42.9 Å². The predicted octanol–water partition coefficient (Wildman–Crippen LogP) is 4.45. The summed E-state index contributed by atoms with van der Waals surface area (Å²) in [6, 6.07) is 7.62. The van der Waals surface area contributed by atoms with E-state index in [2.05, 4.69) is 57.5 Å². The number of carbonyl (C=O) groups is 2. The summed E-state index contributed by atoms with van der Waals surface area (Å²) in [5.41, 5.74) is 0.937. The molecule has 31 heavy (non-hydrogen) atoms. The van der Waals surface area contributed by atoms with Crippen LogP contribution in [0.5, 0.6) is 0 Å². The summed E-state index contributed by atoms with van der Waals surface area (Å²) in [4.78, 5) is 28.9. The molecule has 1 aromatic carbocycles. The van der Waals surface area contributed by atoms with E-state index in [0.717, 1.165) is 55.5 Å². The number of allylic oxidation sites excluding steroid dienone is 2. The largest absolute Gasteiger partial charge is 0.356 e. The maximum absolute atomic E-state index is 13.3. The first-order chi connectivity index (χ1) is 15.0. The molecule has 4 rings (SSSR count). The van der Waals surface area contributed by atoms with Crippen LogP contribution in [0.15, 0.2) is 40.9 Å². The quantitative estimate of drug-likeness (QED) is 0.378. The molecule has 0 unspecified atom stereocenters. The Kier molecular flexibility index (Phi) is 6.87. The van der Waals surface area contributed by atoms with Crippen molar-refractivity contribution in [2.24, 2.45) is 29.1 Å². The van der Waals surface area contributed by atoms with Gasteiger partial charge in [0.2, 0.25) is 11.8 Å². The monoisotopic (exact) mass is 487 g/mol. The fourth-order valence-electron chi connectivity index (χ4n) is 5.80. The summed E-state index contributed by atoms with van der Waals surface area (Å²) in [7, 11) is 0. The third-order valence-corrected chi connectivity index (χ3v) is 8.18. The molecule has 3 aliphatic rings. The van der Waals surface area contributed by atoms with Crippen molar-refractivity contribution < 1.29 is 9.59 Å². The van der Waals surface area contributed by atoms with Gasteiger partial charge in [0.05, 0.1) is 11.8 Å². The highest BCUT2D eigenvalue weighted by atomic mass is 79.9. The SMILES string of the molecule is CCN(CC)CCCCNC(=O)[C@H]1[C@H](C(=O)Nc2ccc(Br)cc2)[C@@H]2C=C[C@H]1C21CC1. The molecule has 0 aliphatic heterocycles. The average molecular weight is 488 g/mol. The highest BCUT2D eigenvalue weighted by Crippen LogP contribution is 2.72. The molecular weight excluding hydrogens is 454 g/mol. The van der Waals surface area contributed by atoms with Crippen molar-refractivity contribution in [3.63, 3.8) is 0 Å². The van der Waals surface area contributed by atoms with E-state index in [1.54, 1.807) is 0 Å². The molecule has 2 fully saturated rings. The first-order valence-electron chi connectivity index (χ1n) is 11.7. The van der Waals surface area contributed by atoms with E-state index in [1.165, 1.54) is 0 Å². The lowest BCUT2D eigenvalue weighted by atomic mass is 9.81. The molecule has 1 spiro atoms. The molecule has 3 aliphatic carbocycles. The topological polar surface area (TPSA) is 61.4 Å². The van der Waals surface area contributed by atoms with Crippen molar-refractivity contribution in [2.75, 3.05) is 31.5 Å². The highest BCUT2D eigenvalue weighted by molar-refractivity contribution is 9.10. The van der Waals surface area contributed by atoms with Crippen LogP contribution in [0.1, 0.15) is 39.5 Å². The second-order valence-corrected chi connectivity index (χ2v) is 10.2. The maximum atomic E-state index is 13.3. The van der Waals surface area contributed by atoms with Crippen LogP contribution in [0.25, 0.3) is 0 Å². The zero-order chi connectivity index (χ0) is 22.0. The number of hydrogen-bond acceptors (Lipinski definition) is 3. The minimum Gasteiger partial charge on any atom is -0.356 e. The highest BCUT2D eigenvalue weighted by Gasteiger charge is 2.69. The molecule has 2 saturated carbocycles. The minimum absolute atomic E-state index is 0.0212. The Morgan fingerprint density at radius 3 is 2.19 bits per heavy atom. The number of benzene rings is 1. The second-order valence-electron chi connectivity index (χ2n) is 9.24. The molecule has 6 heteroatoms. The molecule has 2 amide bonds. The fourth-order valence-corrected chi connectivity index (χ4v) is 6.06. The summed E-state index contributed by atoms with van der Waals surface area (Å²) in [6.07, 6.45) is 8.73. The Labute approximate surface area is 194 Å². The van der Waals surface area contributed by atoms with Crippen LogP contribution in [0.2, 0.25) is 0 Å². The normalized spacial score (nSPS) is 27.1. The number of nitrogens with zero attached hydrogens (tertiary/aromatic N) is 1. The van der Waals surface area contributed by atoms with E-state index in [1.807, 2.05) is 24.3 Å². The van der Waals surface area contributed by atoms with E-state index in [0.29, 0.717) is 6.54 Å². The van der Waals surface area contributed by atoms with Crippen molar-refractivity contribution in [3.8, 4) is 0 Å². The molecule has 4 atom stereocenters. The van der Waals surface area contributed by atoms with E-state index in [-0.39, 0.29) is 40.9 Å². The molecule has 1 aromatic rings. The fraction of sp³-hybridized carbons (Fsp3) is 0.600. The Bertz CT molecular complexity index is 830. The van der Waals surface area contributed by atoms with Gasteiger partial charge in [-0.05, 0) is 86.8 Å². The van der Waals surface area contributed by atoms with Crippen molar-refractivity contribution in [1.82, 2.24) is 10.2 Å². The summed E-state index contributed by atoms with van der Waals surface area (Å²) < 4.78 is 0.975. The Balaban J connectivity index is 1.38. The van der Waals surface area contributed by atoms with Gasteiger partial charge in [-0.2, -0.15) is 0 Å². The molecule has 0 aromatic heterocycles.